The van der Waals surface area contributed by atoms with Crippen LogP contribution in [0.15, 0.2) is 0 Å². The molecule has 10 heavy (non-hydrogen) atoms. The van der Waals surface area contributed by atoms with Gasteiger partial charge in [-0.05, 0) is 26.3 Å². The number of hydrogen-bond acceptors (Lipinski definition) is 2. The predicted molar refractivity (Wildman–Crippen MR) is 41.7 cm³/mol. The molecule has 1 fully saturated rings. The Bertz CT molecular complexity index is 143. The normalized spacial score (nSPS) is 36.2. The van der Waals surface area contributed by atoms with Gasteiger partial charge in [-0.1, -0.05) is 0 Å². The van der Waals surface area contributed by atoms with Gasteiger partial charge in [-0.3, -0.25) is 4.57 Å². The Labute approximate surface area is 61.7 Å². The highest BCUT2D eigenvalue weighted by atomic mass is 31.1. The number of hydrogen-bond donors (Lipinski definition) is 2. The molecule has 1 heterocycles. The molecule has 0 aliphatic carbocycles. The average Bonchev–Trinajstić information content (AvgIpc) is 2.12. The van der Waals surface area contributed by atoms with Crippen LogP contribution in [0.1, 0.15) is 19.8 Å². The monoisotopic (exact) mass is 163 g/mol. The molecular weight excluding hydrogens is 149 g/mol. The van der Waals surface area contributed by atoms with Crippen LogP contribution in [-0.2, 0) is 4.57 Å². The Balaban J connectivity index is 2.43. The third-order valence-corrected chi connectivity index (χ3v) is 3.08. The fraction of sp³-hybridized carbons (Fsp3) is 1.00. The van der Waals surface area contributed by atoms with Crippen molar-refractivity contribution >= 4 is 8.03 Å². The Morgan fingerprint density at radius 3 is 2.90 bits per heavy atom. The van der Waals surface area contributed by atoms with E-state index < -0.39 is 8.03 Å². The first-order valence-electron chi connectivity index (χ1n) is 3.59. The Morgan fingerprint density at radius 2 is 2.50 bits per heavy atom. The van der Waals surface area contributed by atoms with Crippen molar-refractivity contribution < 1.29 is 9.46 Å². The molecule has 0 amide bonds. The zero-order chi connectivity index (χ0) is 7.61. The van der Waals surface area contributed by atoms with Crippen LogP contribution in [0, 0.1) is 0 Å². The van der Waals surface area contributed by atoms with E-state index in [2.05, 4.69) is 5.32 Å². The van der Waals surface area contributed by atoms with E-state index in [1.165, 1.54) is 0 Å². The molecule has 0 spiro atoms. The Kier molecular flexibility index (Phi) is 2.50. The van der Waals surface area contributed by atoms with E-state index >= 15 is 0 Å². The van der Waals surface area contributed by atoms with Crippen LogP contribution in [-0.4, -0.2) is 23.1 Å². The van der Waals surface area contributed by atoms with Gasteiger partial charge in [0.25, 0.3) is 0 Å². The van der Waals surface area contributed by atoms with Gasteiger partial charge in [0.1, 0.15) is 0 Å². The molecule has 0 bridgehead atoms. The van der Waals surface area contributed by atoms with Crippen LogP contribution in [0.25, 0.3) is 0 Å². The lowest BCUT2D eigenvalue weighted by Gasteiger charge is -2.21. The Morgan fingerprint density at radius 1 is 1.80 bits per heavy atom. The fourth-order valence-electron chi connectivity index (χ4n) is 1.44. The van der Waals surface area contributed by atoms with E-state index in [1.54, 1.807) is 0 Å². The van der Waals surface area contributed by atoms with Crippen molar-refractivity contribution in [3.63, 3.8) is 0 Å². The molecule has 2 N–H and O–H groups in total. The summed E-state index contributed by atoms with van der Waals surface area (Å²) in [5, 5.41) is 3.23. The first-order chi connectivity index (χ1) is 4.62. The van der Waals surface area contributed by atoms with Gasteiger partial charge in [0.2, 0.25) is 0 Å². The lowest BCUT2D eigenvalue weighted by atomic mass is 10.0. The maximum Gasteiger partial charge on any atom is 0.190 e. The van der Waals surface area contributed by atoms with Crippen molar-refractivity contribution in [2.24, 2.45) is 0 Å². The zero-order valence-electron chi connectivity index (χ0n) is 6.18. The fourth-order valence-corrected chi connectivity index (χ4v) is 2.41. The van der Waals surface area contributed by atoms with Crippen LogP contribution in [0.2, 0.25) is 0 Å². The SMILES string of the molecule is CC1(C[PH](=O)O)CCCN1. The molecule has 2 unspecified atom stereocenters. The van der Waals surface area contributed by atoms with E-state index in [9.17, 15) is 4.57 Å². The summed E-state index contributed by atoms with van der Waals surface area (Å²) in [5.41, 5.74) is -0.0508. The maximum absolute atomic E-state index is 10.5. The van der Waals surface area contributed by atoms with Crippen molar-refractivity contribution in [3.05, 3.63) is 0 Å². The van der Waals surface area contributed by atoms with Crippen molar-refractivity contribution in [1.82, 2.24) is 5.32 Å². The molecule has 3 nitrogen and oxygen atoms in total. The summed E-state index contributed by atoms with van der Waals surface area (Å²) in [4.78, 5) is 8.68. The predicted octanol–water partition coefficient (Wildman–Crippen LogP) is 0.595. The van der Waals surface area contributed by atoms with Crippen molar-refractivity contribution in [3.8, 4) is 0 Å². The van der Waals surface area contributed by atoms with Gasteiger partial charge in [0.15, 0.2) is 8.03 Å². The van der Waals surface area contributed by atoms with Crippen molar-refractivity contribution in [1.29, 1.82) is 0 Å². The maximum atomic E-state index is 10.5. The topological polar surface area (TPSA) is 49.3 Å². The molecule has 0 aromatic rings. The summed E-state index contributed by atoms with van der Waals surface area (Å²) in [6.45, 7) is 3.00. The van der Waals surface area contributed by atoms with E-state index in [1.807, 2.05) is 6.92 Å². The third-order valence-electron chi connectivity index (χ3n) is 2.00. The van der Waals surface area contributed by atoms with Crippen molar-refractivity contribution in [2.45, 2.75) is 25.3 Å². The molecule has 0 radical (unpaired) electrons. The summed E-state index contributed by atoms with van der Waals surface area (Å²) in [7, 11) is -2.29. The average molecular weight is 163 g/mol. The summed E-state index contributed by atoms with van der Waals surface area (Å²) in [6, 6.07) is 0. The molecule has 60 valence electrons. The lowest BCUT2D eigenvalue weighted by Crippen LogP contribution is -2.38. The second-order valence-electron chi connectivity index (χ2n) is 3.16. The summed E-state index contributed by atoms with van der Waals surface area (Å²) < 4.78 is 10.5. The molecule has 1 saturated heterocycles. The highest BCUT2D eigenvalue weighted by molar-refractivity contribution is 7.38. The first-order valence-corrected chi connectivity index (χ1v) is 5.15. The van der Waals surface area contributed by atoms with Crippen LogP contribution in [0.5, 0.6) is 0 Å². The van der Waals surface area contributed by atoms with Crippen LogP contribution >= 0.6 is 8.03 Å². The second kappa shape index (κ2) is 3.04. The van der Waals surface area contributed by atoms with E-state index in [0.717, 1.165) is 19.4 Å². The molecule has 2 atom stereocenters. The minimum atomic E-state index is -2.29. The van der Waals surface area contributed by atoms with Gasteiger partial charge in [-0.2, -0.15) is 0 Å². The van der Waals surface area contributed by atoms with Gasteiger partial charge in [0, 0.05) is 11.7 Å². The molecular formula is C6H14NO2P. The highest BCUT2D eigenvalue weighted by Gasteiger charge is 2.28. The summed E-state index contributed by atoms with van der Waals surface area (Å²) in [6.07, 6.45) is 2.59. The van der Waals surface area contributed by atoms with Gasteiger partial charge in [0.05, 0.1) is 0 Å². The Hall–Kier alpha value is 0.150. The number of rotatable bonds is 2. The highest BCUT2D eigenvalue weighted by Crippen LogP contribution is 2.27. The van der Waals surface area contributed by atoms with E-state index in [-0.39, 0.29) is 5.54 Å². The molecule has 4 heteroatoms. The van der Waals surface area contributed by atoms with Gasteiger partial charge < -0.3 is 10.2 Å². The molecule has 0 aromatic carbocycles. The van der Waals surface area contributed by atoms with Gasteiger partial charge in [-0.25, -0.2) is 0 Å². The molecule has 0 aromatic heterocycles. The molecule has 0 saturated carbocycles. The quantitative estimate of drug-likeness (QED) is 0.586. The standard InChI is InChI=1S/C6H14NO2P/c1-6(5-10(8)9)3-2-4-7-6/h7,10H,2-5H2,1H3,(H,8,9). The van der Waals surface area contributed by atoms with Crippen molar-refractivity contribution in [2.75, 3.05) is 12.7 Å². The minimum Gasteiger partial charge on any atom is -0.346 e. The molecule has 1 rings (SSSR count). The largest absolute Gasteiger partial charge is 0.346 e. The first kappa shape index (κ1) is 8.25. The molecule has 1 aliphatic rings. The summed E-state index contributed by atoms with van der Waals surface area (Å²) in [5.74, 6) is 0. The lowest BCUT2D eigenvalue weighted by molar-refractivity contribution is 0.433. The van der Waals surface area contributed by atoms with Crippen LogP contribution in [0.3, 0.4) is 0 Å². The molecule has 1 aliphatic heterocycles. The number of nitrogens with one attached hydrogen (secondary N) is 1. The zero-order valence-corrected chi connectivity index (χ0v) is 7.18. The second-order valence-corrected chi connectivity index (χ2v) is 4.30. The minimum absolute atomic E-state index is 0.0508. The smallest absolute Gasteiger partial charge is 0.190 e. The van der Waals surface area contributed by atoms with Gasteiger partial charge >= 0.3 is 0 Å². The van der Waals surface area contributed by atoms with Gasteiger partial charge in [-0.15, -0.1) is 0 Å². The van der Waals surface area contributed by atoms with Crippen LogP contribution < -0.4 is 5.32 Å². The third kappa shape index (κ3) is 2.08. The van der Waals surface area contributed by atoms with E-state index in [4.69, 9.17) is 4.89 Å². The van der Waals surface area contributed by atoms with Crippen LogP contribution in [0.4, 0.5) is 0 Å². The van der Waals surface area contributed by atoms with E-state index in [0.29, 0.717) is 6.16 Å². The summed E-state index contributed by atoms with van der Waals surface area (Å²) >= 11 is 0.